The van der Waals surface area contributed by atoms with Gasteiger partial charge in [-0.3, -0.25) is 9.69 Å². The molecule has 4 heterocycles. The Hall–Kier alpha value is -2.55. The molecule has 2 aromatic rings. The van der Waals surface area contributed by atoms with E-state index in [9.17, 15) is 14.3 Å². The second-order valence-corrected chi connectivity index (χ2v) is 11.0. The molecule has 1 aromatic carbocycles. The zero-order valence-corrected chi connectivity index (χ0v) is 22.3. The van der Waals surface area contributed by atoms with E-state index < -0.39 is 17.8 Å². The molecule has 206 valence electrons. The molecule has 3 aliphatic rings. The number of nitrogens with one attached hydrogen (secondary N) is 1. The zero-order valence-electron chi connectivity index (χ0n) is 22.3. The van der Waals surface area contributed by atoms with Gasteiger partial charge >= 0.3 is 5.97 Å². The molecule has 4 unspecified atom stereocenters. The standard InChI is InChI=1S/C30H40FN3O4/c1-20-8-9-21-10-12-23(33-29(21)32-20)6-2-4-16-37-24-14-15-34(19-24)28(30(35)36)26-18-22(31)11-13-25(26)27-7-3-5-17-38-27/h10-13,18,20,24,27-28H,2-9,14-17,19H2,1H3,(H,32,33)(H,35,36). The fraction of sp³-hybridized carbons (Fsp3) is 0.600. The maximum absolute atomic E-state index is 14.3. The van der Waals surface area contributed by atoms with Crippen molar-refractivity contribution in [1.82, 2.24) is 9.88 Å². The number of carboxylic acid groups (broad SMARTS) is 1. The molecule has 0 radical (unpaired) electrons. The predicted octanol–water partition coefficient (Wildman–Crippen LogP) is 5.45. The molecule has 2 N–H and O–H groups in total. The summed E-state index contributed by atoms with van der Waals surface area (Å²) in [6.45, 7) is 4.61. The molecule has 2 fully saturated rings. The molecule has 38 heavy (non-hydrogen) atoms. The molecular weight excluding hydrogens is 485 g/mol. The number of halogens is 1. The number of aliphatic carboxylic acids is 1. The Morgan fingerprint density at radius 3 is 2.95 bits per heavy atom. The predicted molar refractivity (Wildman–Crippen MR) is 144 cm³/mol. The Kier molecular flexibility index (Phi) is 8.92. The van der Waals surface area contributed by atoms with Crippen LogP contribution >= 0.6 is 0 Å². The molecule has 5 rings (SSSR count). The highest BCUT2D eigenvalue weighted by molar-refractivity contribution is 5.76. The van der Waals surface area contributed by atoms with E-state index in [1.807, 2.05) is 4.90 Å². The number of fused-ring (bicyclic) bond motifs is 1. The SMILES string of the molecule is CC1CCc2ccc(CCCCOC3CCN(C(C(=O)O)c4cc(F)ccc4C4CCCCO4)C3)nc2N1. The number of likely N-dealkylation sites (tertiary alicyclic amines) is 1. The molecule has 8 heteroatoms. The van der Waals surface area contributed by atoms with Crippen LogP contribution in [-0.2, 0) is 27.1 Å². The van der Waals surface area contributed by atoms with Crippen molar-refractivity contribution in [2.45, 2.75) is 89.0 Å². The number of benzene rings is 1. The van der Waals surface area contributed by atoms with Crippen molar-refractivity contribution >= 4 is 11.8 Å². The minimum Gasteiger partial charge on any atom is -0.480 e. The summed E-state index contributed by atoms with van der Waals surface area (Å²) in [6, 6.07) is 8.38. The topological polar surface area (TPSA) is 83.9 Å². The summed E-state index contributed by atoms with van der Waals surface area (Å²) in [6.07, 6.45) is 8.48. The lowest BCUT2D eigenvalue weighted by molar-refractivity contribution is -0.143. The van der Waals surface area contributed by atoms with Crippen LogP contribution in [0.25, 0.3) is 0 Å². The molecule has 7 nitrogen and oxygen atoms in total. The minimum atomic E-state index is -0.963. The van der Waals surface area contributed by atoms with Crippen molar-refractivity contribution in [3.63, 3.8) is 0 Å². The minimum absolute atomic E-state index is 0.0210. The first-order valence-corrected chi connectivity index (χ1v) is 14.2. The third-order valence-corrected chi connectivity index (χ3v) is 8.09. The summed E-state index contributed by atoms with van der Waals surface area (Å²) in [5.41, 5.74) is 3.71. The van der Waals surface area contributed by atoms with Crippen molar-refractivity contribution < 1.29 is 23.8 Å². The highest BCUT2D eigenvalue weighted by Crippen LogP contribution is 2.36. The maximum Gasteiger partial charge on any atom is 0.325 e. The number of ether oxygens (including phenoxy) is 2. The summed E-state index contributed by atoms with van der Waals surface area (Å²) in [5.74, 6) is -0.348. The summed E-state index contributed by atoms with van der Waals surface area (Å²) in [5, 5.41) is 13.7. The molecule has 0 saturated carbocycles. The van der Waals surface area contributed by atoms with E-state index in [1.54, 1.807) is 6.07 Å². The van der Waals surface area contributed by atoms with Crippen LogP contribution in [0.2, 0.25) is 0 Å². The van der Waals surface area contributed by atoms with E-state index in [0.29, 0.717) is 37.9 Å². The number of pyridine rings is 1. The van der Waals surface area contributed by atoms with Crippen LogP contribution in [0.1, 0.15) is 86.4 Å². The third kappa shape index (κ3) is 6.53. The van der Waals surface area contributed by atoms with Crippen LogP contribution in [0.3, 0.4) is 0 Å². The largest absolute Gasteiger partial charge is 0.480 e. The Balaban J connectivity index is 1.13. The molecular formula is C30H40FN3O4. The summed E-state index contributed by atoms with van der Waals surface area (Å²) >= 11 is 0. The smallest absolute Gasteiger partial charge is 0.325 e. The van der Waals surface area contributed by atoms with E-state index in [2.05, 4.69) is 24.4 Å². The number of hydrogen-bond donors (Lipinski definition) is 2. The number of nitrogens with zero attached hydrogens (tertiary/aromatic N) is 2. The number of unbranched alkanes of at least 4 members (excludes halogenated alkanes) is 1. The van der Waals surface area contributed by atoms with Crippen LogP contribution in [0, 0.1) is 5.82 Å². The lowest BCUT2D eigenvalue weighted by Crippen LogP contribution is -2.34. The molecule has 0 spiro atoms. The van der Waals surface area contributed by atoms with Gasteiger partial charge in [0, 0.05) is 38.0 Å². The van der Waals surface area contributed by atoms with Gasteiger partial charge in [-0.1, -0.05) is 12.1 Å². The lowest BCUT2D eigenvalue weighted by atomic mass is 9.92. The molecule has 0 bridgehead atoms. The van der Waals surface area contributed by atoms with Crippen LogP contribution in [0.15, 0.2) is 30.3 Å². The highest BCUT2D eigenvalue weighted by Gasteiger charge is 2.36. The Bertz CT molecular complexity index is 1110. The van der Waals surface area contributed by atoms with Crippen LogP contribution < -0.4 is 5.32 Å². The van der Waals surface area contributed by atoms with E-state index in [-0.39, 0.29) is 12.2 Å². The normalized spacial score (nSPS) is 24.5. The molecule has 1 aromatic heterocycles. The van der Waals surface area contributed by atoms with Crippen molar-refractivity contribution in [3.05, 3.63) is 58.5 Å². The quantitative estimate of drug-likeness (QED) is 0.399. The van der Waals surface area contributed by atoms with Gasteiger partial charge in [0.25, 0.3) is 0 Å². The average Bonchev–Trinajstić information content (AvgIpc) is 3.37. The maximum atomic E-state index is 14.3. The van der Waals surface area contributed by atoms with Gasteiger partial charge in [-0.25, -0.2) is 9.37 Å². The number of rotatable bonds is 10. The van der Waals surface area contributed by atoms with Gasteiger partial charge in [-0.15, -0.1) is 0 Å². The summed E-state index contributed by atoms with van der Waals surface area (Å²) in [4.78, 5) is 19.2. The Morgan fingerprint density at radius 2 is 2.13 bits per heavy atom. The fourth-order valence-corrected chi connectivity index (χ4v) is 6.00. The molecule has 4 atom stereocenters. The van der Waals surface area contributed by atoms with Gasteiger partial charge in [0.1, 0.15) is 17.7 Å². The first-order chi connectivity index (χ1) is 18.5. The van der Waals surface area contributed by atoms with Crippen molar-refractivity contribution in [3.8, 4) is 0 Å². The Morgan fingerprint density at radius 1 is 1.24 bits per heavy atom. The first kappa shape index (κ1) is 27.0. The summed E-state index contributed by atoms with van der Waals surface area (Å²) in [7, 11) is 0. The molecule has 0 amide bonds. The van der Waals surface area contributed by atoms with Crippen molar-refractivity contribution in [2.75, 3.05) is 31.6 Å². The second-order valence-electron chi connectivity index (χ2n) is 11.0. The Labute approximate surface area is 224 Å². The molecule has 2 saturated heterocycles. The van der Waals surface area contributed by atoms with Crippen LogP contribution in [-0.4, -0.2) is 59.4 Å². The average molecular weight is 526 g/mol. The van der Waals surface area contributed by atoms with Gasteiger partial charge < -0.3 is 19.9 Å². The van der Waals surface area contributed by atoms with Crippen LogP contribution in [0.5, 0.6) is 0 Å². The molecule has 3 aliphatic heterocycles. The molecule has 0 aliphatic carbocycles. The lowest BCUT2D eigenvalue weighted by Gasteiger charge is -2.30. The first-order valence-electron chi connectivity index (χ1n) is 14.2. The van der Waals surface area contributed by atoms with Crippen molar-refractivity contribution in [1.29, 1.82) is 0 Å². The van der Waals surface area contributed by atoms with E-state index in [1.165, 1.54) is 17.7 Å². The number of carbonyl (C=O) groups is 1. The van der Waals surface area contributed by atoms with Gasteiger partial charge in [0.05, 0.1) is 12.2 Å². The van der Waals surface area contributed by atoms with Crippen molar-refractivity contribution in [2.24, 2.45) is 0 Å². The van der Waals surface area contributed by atoms with Gasteiger partial charge in [-0.2, -0.15) is 0 Å². The zero-order chi connectivity index (χ0) is 26.5. The van der Waals surface area contributed by atoms with E-state index in [0.717, 1.165) is 74.9 Å². The highest BCUT2D eigenvalue weighted by atomic mass is 19.1. The number of carboxylic acids is 1. The number of aryl methyl sites for hydroxylation is 2. The van der Waals surface area contributed by atoms with Gasteiger partial charge in [-0.05, 0) is 99.6 Å². The monoisotopic (exact) mass is 525 g/mol. The van der Waals surface area contributed by atoms with Crippen LogP contribution in [0.4, 0.5) is 10.2 Å². The van der Waals surface area contributed by atoms with Gasteiger partial charge in [0.2, 0.25) is 0 Å². The summed E-state index contributed by atoms with van der Waals surface area (Å²) < 4.78 is 26.4. The van der Waals surface area contributed by atoms with Gasteiger partial charge in [0.15, 0.2) is 0 Å². The third-order valence-electron chi connectivity index (χ3n) is 8.09. The number of anilines is 1. The van der Waals surface area contributed by atoms with E-state index in [4.69, 9.17) is 14.5 Å². The number of aromatic nitrogens is 1. The number of hydrogen-bond acceptors (Lipinski definition) is 6. The fourth-order valence-electron chi connectivity index (χ4n) is 6.00. The second kappa shape index (κ2) is 12.5. The van der Waals surface area contributed by atoms with E-state index >= 15 is 0 Å².